The van der Waals surface area contributed by atoms with Crippen LogP contribution >= 0.6 is 11.6 Å². The van der Waals surface area contributed by atoms with Crippen molar-refractivity contribution < 1.29 is 18.3 Å². The number of aromatic nitrogens is 5. The first kappa shape index (κ1) is 27.6. The number of nitrogens with two attached hydrogens (primary N) is 1. The van der Waals surface area contributed by atoms with E-state index in [9.17, 15) is 13.6 Å². The monoisotopic (exact) mass is 592 g/mol. The van der Waals surface area contributed by atoms with Crippen LogP contribution in [-0.2, 0) is 6.54 Å². The lowest BCUT2D eigenvalue weighted by Crippen LogP contribution is -2.34. The zero-order valence-corrected chi connectivity index (χ0v) is 23.1. The van der Waals surface area contributed by atoms with E-state index in [2.05, 4.69) is 32.4 Å². The third kappa shape index (κ3) is 5.76. The maximum atomic E-state index is 13.5. The van der Waals surface area contributed by atoms with Crippen LogP contribution in [0.25, 0.3) is 16.9 Å². The molecule has 0 bridgehead atoms. The number of ether oxygens (including phenoxy) is 1. The number of hydrogen-bond donors (Lipinski definition) is 2. The second kappa shape index (κ2) is 11.7. The van der Waals surface area contributed by atoms with Crippen LogP contribution in [0.15, 0.2) is 73.2 Å². The molecule has 0 unspecified atom stereocenters. The molecule has 1 amide bonds. The van der Waals surface area contributed by atoms with Crippen LogP contribution in [0.2, 0.25) is 5.02 Å². The average Bonchev–Trinajstić information content (AvgIpc) is 3.54. The fourth-order valence-electron chi connectivity index (χ4n) is 5.25. The molecule has 1 saturated heterocycles. The van der Waals surface area contributed by atoms with Crippen molar-refractivity contribution in [2.45, 2.75) is 32.0 Å². The molecule has 216 valence electrons. The largest absolute Gasteiger partial charge is 0.434 e. The van der Waals surface area contributed by atoms with Crippen molar-refractivity contribution in [1.29, 1.82) is 0 Å². The normalized spacial score (nSPS) is 14.5. The second-order valence-electron chi connectivity index (χ2n) is 9.99. The Morgan fingerprint density at radius 3 is 2.67 bits per heavy atom. The van der Waals surface area contributed by atoms with Gasteiger partial charge in [-0.25, -0.2) is 9.50 Å². The van der Waals surface area contributed by atoms with Crippen molar-refractivity contribution in [3.63, 3.8) is 0 Å². The Hall–Kier alpha value is -4.55. The van der Waals surface area contributed by atoms with E-state index in [0.717, 1.165) is 32.5 Å². The number of amides is 1. The molecule has 10 nitrogen and oxygen atoms in total. The first-order valence-electron chi connectivity index (χ1n) is 13.4. The van der Waals surface area contributed by atoms with Crippen molar-refractivity contribution in [3.8, 4) is 17.0 Å². The number of alkyl halides is 2. The summed E-state index contributed by atoms with van der Waals surface area (Å²) in [5, 5.41) is 12.1. The van der Waals surface area contributed by atoms with Crippen molar-refractivity contribution in [1.82, 2.24) is 29.3 Å². The van der Waals surface area contributed by atoms with Crippen LogP contribution in [-0.4, -0.2) is 54.9 Å². The van der Waals surface area contributed by atoms with Gasteiger partial charge in [-0.2, -0.15) is 13.9 Å². The highest BCUT2D eigenvalue weighted by Crippen LogP contribution is 2.38. The van der Waals surface area contributed by atoms with Gasteiger partial charge in [0.1, 0.15) is 17.0 Å². The van der Waals surface area contributed by atoms with Crippen molar-refractivity contribution in [2.75, 3.05) is 24.1 Å². The smallest absolute Gasteiger partial charge is 0.387 e. The van der Waals surface area contributed by atoms with Gasteiger partial charge >= 0.3 is 6.61 Å². The summed E-state index contributed by atoms with van der Waals surface area (Å²) < 4.78 is 34.6. The molecule has 0 spiro atoms. The topological polar surface area (TPSA) is 116 Å². The third-order valence-electron chi connectivity index (χ3n) is 7.22. The van der Waals surface area contributed by atoms with Gasteiger partial charge in [-0.05, 0) is 42.7 Å². The van der Waals surface area contributed by atoms with Crippen LogP contribution in [0.1, 0.15) is 34.8 Å². The van der Waals surface area contributed by atoms with Gasteiger partial charge < -0.3 is 15.8 Å². The van der Waals surface area contributed by atoms with E-state index in [1.807, 2.05) is 18.2 Å². The number of nitrogens with one attached hydrogen (secondary N) is 1. The number of carbonyl (C=O) groups is 1. The molecule has 3 aromatic heterocycles. The van der Waals surface area contributed by atoms with Crippen LogP contribution in [0.4, 0.5) is 20.3 Å². The zero-order valence-electron chi connectivity index (χ0n) is 22.3. The Morgan fingerprint density at radius 1 is 1.12 bits per heavy atom. The van der Waals surface area contributed by atoms with Gasteiger partial charge in [-0.15, -0.1) is 5.10 Å². The number of anilines is 2. The summed E-state index contributed by atoms with van der Waals surface area (Å²) in [7, 11) is 0. The van der Waals surface area contributed by atoms with Gasteiger partial charge in [0.05, 0.1) is 11.7 Å². The van der Waals surface area contributed by atoms with Gasteiger partial charge in [0.25, 0.3) is 5.91 Å². The number of likely N-dealkylation sites (tertiary alicyclic amines) is 1. The lowest BCUT2D eigenvalue weighted by atomic mass is 10.0. The number of piperidine rings is 1. The SMILES string of the molecule is Nc1nn2cccnc2c1C(=O)Nc1cn(C2CCN(Cc3ccccc3)CC2)nc1-c1cc(Cl)ccc1OC(F)F. The molecule has 3 N–H and O–H groups in total. The third-order valence-corrected chi connectivity index (χ3v) is 7.46. The van der Waals surface area contributed by atoms with Crippen molar-refractivity contribution >= 4 is 34.7 Å². The van der Waals surface area contributed by atoms with Gasteiger partial charge in [0, 0.05) is 48.8 Å². The molecule has 0 radical (unpaired) electrons. The van der Waals surface area contributed by atoms with E-state index in [1.165, 1.54) is 34.5 Å². The van der Waals surface area contributed by atoms with E-state index in [0.29, 0.717) is 5.02 Å². The van der Waals surface area contributed by atoms with Gasteiger partial charge in [0.2, 0.25) is 0 Å². The van der Waals surface area contributed by atoms with Gasteiger partial charge in [0.15, 0.2) is 11.5 Å². The summed E-state index contributed by atoms with van der Waals surface area (Å²) in [5.41, 5.74) is 8.40. The first-order chi connectivity index (χ1) is 20.4. The Kier molecular flexibility index (Phi) is 7.72. The lowest BCUT2D eigenvalue weighted by Gasteiger charge is -2.32. The Balaban J connectivity index is 1.32. The molecule has 0 atom stereocenters. The molecule has 42 heavy (non-hydrogen) atoms. The fraction of sp³-hybridized carbons (Fsp3) is 0.241. The minimum atomic E-state index is -3.07. The second-order valence-corrected chi connectivity index (χ2v) is 10.4. The molecule has 1 aliphatic rings. The molecule has 6 rings (SSSR count). The van der Waals surface area contributed by atoms with Crippen LogP contribution in [0.3, 0.4) is 0 Å². The Bertz CT molecular complexity index is 1720. The molecule has 2 aromatic carbocycles. The fourth-order valence-corrected chi connectivity index (χ4v) is 5.42. The van der Waals surface area contributed by atoms with E-state index in [4.69, 9.17) is 27.2 Å². The predicted molar refractivity (Wildman–Crippen MR) is 155 cm³/mol. The molecule has 4 heterocycles. The van der Waals surface area contributed by atoms with E-state index < -0.39 is 12.5 Å². The molecule has 1 aliphatic heterocycles. The summed E-state index contributed by atoms with van der Waals surface area (Å²) >= 11 is 6.26. The van der Waals surface area contributed by atoms with E-state index in [-0.39, 0.29) is 45.8 Å². The number of fused-ring (bicyclic) bond motifs is 1. The van der Waals surface area contributed by atoms with Crippen LogP contribution in [0, 0.1) is 0 Å². The molecular formula is C29H27ClF2N8O2. The molecular weight excluding hydrogens is 566 g/mol. The molecule has 1 fully saturated rings. The molecule has 5 aromatic rings. The number of rotatable bonds is 8. The Morgan fingerprint density at radius 2 is 1.90 bits per heavy atom. The summed E-state index contributed by atoms with van der Waals surface area (Å²) in [6, 6.07) is 16.2. The van der Waals surface area contributed by atoms with Gasteiger partial charge in [-0.1, -0.05) is 41.9 Å². The minimum absolute atomic E-state index is 0.00425. The van der Waals surface area contributed by atoms with Crippen LogP contribution in [0.5, 0.6) is 5.75 Å². The van der Waals surface area contributed by atoms with Crippen molar-refractivity contribution in [2.24, 2.45) is 0 Å². The van der Waals surface area contributed by atoms with E-state index >= 15 is 0 Å². The quantitative estimate of drug-likeness (QED) is 0.244. The van der Waals surface area contributed by atoms with Crippen LogP contribution < -0.4 is 15.8 Å². The number of halogens is 3. The van der Waals surface area contributed by atoms with Gasteiger partial charge in [-0.3, -0.25) is 14.4 Å². The highest BCUT2D eigenvalue weighted by atomic mass is 35.5. The Labute approximate surface area is 244 Å². The number of benzene rings is 2. The average molecular weight is 593 g/mol. The molecule has 13 heteroatoms. The lowest BCUT2D eigenvalue weighted by molar-refractivity contribution is -0.0494. The minimum Gasteiger partial charge on any atom is -0.434 e. The standard InChI is InChI=1S/C29H27ClF2N8O2/c30-19-7-8-23(42-29(31)32)21(15-19)25-22(35-28(41)24-26(33)37-39-12-4-11-34-27(24)39)17-40(36-25)20-9-13-38(14-10-20)16-18-5-2-1-3-6-18/h1-8,11-12,15,17,20,29H,9-10,13-14,16H2,(H2,33,37)(H,35,41). The number of nitrogens with zero attached hydrogens (tertiary/aromatic N) is 6. The number of carbonyl (C=O) groups excluding carboxylic acids is 1. The summed E-state index contributed by atoms with van der Waals surface area (Å²) in [6.45, 7) is -0.523. The number of hydrogen-bond acceptors (Lipinski definition) is 7. The molecule has 0 saturated carbocycles. The zero-order chi connectivity index (χ0) is 29.2. The maximum absolute atomic E-state index is 13.5. The first-order valence-corrected chi connectivity index (χ1v) is 13.7. The van der Waals surface area contributed by atoms with E-state index in [1.54, 1.807) is 23.1 Å². The van der Waals surface area contributed by atoms with Crippen molar-refractivity contribution in [3.05, 3.63) is 89.3 Å². The predicted octanol–water partition coefficient (Wildman–Crippen LogP) is 5.52. The highest BCUT2D eigenvalue weighted by Gasteiger charge is 2.27. The number of nitrogen functional groups attached to an aromatic ring is 1. The maximum Gasteiger partial charge on any atom is 0.387 e. The molecule has 0 aliphatic carbocycles. The summed E-state index contributed by atoms with van der Waals surface area (Å²) in [4.78, 5) is 20.1. The summed E-state index contributed by atoms with van der Waals surface area (Å²) in [5.74, 6) is -0.696. The summed E-state index contributed by atoms with van der Waals surface area (Å²) in [6.07, 6.45) is 6.47. The highest BCUT2D eigenvalue weighted by molar-refractivity contribution is 6.31.